The summed E-state index contributed by atoms with van der Waals surface area (Å²) in [6.45, 7) is 9.88. The van der Waals surface area contributed by atoms with Gasteiger partial charge in [0.15, 0.2) is 0 Å². The molecule has 0 radical (unpaired) electrons. The maximum atomic E-state index is 13.8. The van der Waals surface area contributed by atoms with Crippen molar-refractivity contribution in [2.24, 2.45) is 0 Å². The van der Waals surface area contributed by atoms with Gasteiger partial charge in [0.05, 0.1) is 4.90 Å². The van der Waals surface area contributed by atoms with Crippen LogP contribution in [0.2, 0.25) is 0 Å². The monoisotopic (exact) mass is 316 g/mol. The van der Waals surface area contributed by atoms with Gasteiger partial charge in [0, 0.05) is 23.7 Å². The average molecular weight is 316 g/mol. The summed E-state index contributed by atoms with van der Waals surface area (Å²) < 4.78 is 40.8. The zero-order valence-electron chi connectivity index (χ0n) is 13.3. The van der Waals surface area contributed by atoms with Crippen molar-refractivity contribution < 1.29 is 12.8 Å². The number of nitrogens with one attached hydrogen (secondary N) is 2. The van der Waals surface area contributed by atoms with E-state index in [-0.39, 0.29) is 23.0 Å². The van der Waals surface area contributed by atoms with Crippen LogP contribution >= 0.6 is 0 Å². The molecule has 6 heteroatoms. The van der Waals surface area contributed by atoms with Crippen molar-refractivity contribution in [2.75, 3.05) is 0 Å². The van der Waals surface area contributed by atoms with Crippen molar-refractivity contribution in [3.63, 3.8) is 0 Å². The summed E-state index contributed by atoms with van der Waals surface area (Å²) in [5.41, 5.74) is 0.174. The van der Waals surface area contributed by atoms with Gasteiger partial charge in [0.25, 0.3) is 0 Å². The predicted molar refractivity (Wildman–Crippen MR) is 83.1 cm³/mol. The van der Waals surface area contributed by atoms with E-state index < -0.39 is 15.8 Å². The van der Waals surface area contributed by atoms with Gasteiger partial charge in [-0.25, -0.2) is 17.5 Å². The number of rotatable bonds is 6. The summed E-state index contributed by atoms with van der Waals surface area (Å²) >= 11 is 0. The molecular weight excluding hydrogens is 291 g/mol. The number of hydrogen-bond donors (Lipinski definition) is 2. The van der Waals surface area contributed by atoms with E-state index in [0.29, 0.717) is 12.0 Å². The Labute approximate surface area is 127 Å². The molecule has 1 unspecified atom stereocenters. The van der Waals surface area contributed by atoms with E-state index in [2.05, 4.69) is 10.0 Å². The Bertz CT molecular complexity index is 580. The van der Waals surface area contributed by atoms with E-state index in [1.54, 1.807) is 6.92 Å². The van der Waals surface area contributed by atoms with Crippen LogP contribution in [0.1, 0.15) is 46.6 Å². The number of hydrogen-bond acceptors (Lipinski definition) is 3. The predicted octanol–water partition coefficient (Wildman–Crippen LogP) is 2.79. The molecule has 0 bridgehead atoms. The second kappa shape index (κ2) is 6.85. The highest BCUT2D eigenvalue weighted by atomic mass is 32.2. The molecule has 0 aliphatic carbocycles. The Hall–Kier alpha value is -0.980. The molecule has 0 fully saturated rings. The minimum Gasteiger partial charge on any atom is -0.308 e. The molecule has 0 spiro atoms. The lowest BCUT2D eigenvalue weighted by Crippen LogP contribution is -2.35. The molecule has 0 aliphatic heterocycles. The molecule has 0 saturated heterocycles. The lowest BCUT2D eigenvalue weighted by Gasteiger charge is -2.21. The third-order valence-electron chi connectivity index (χ3n) is 3.11. The Morgan fingerprint density at radius 2 is 1.90 bits per heavy atom. The van der Waals surface area contributed by atoms with E-state index in [1.807, 2.05) is 27.7 Å². The lowest BCUT2D eigenvalue weighted by atomic mass is 10.1. The second-order valence-electron chi connectivity index (χ2n) is 6.29. The molecule has 1 aromatic carbocycles. The normalized spacial score (nSPS) is 14.2. The molecule has 120 valence electrons. The van der Waals surface area contributed by atoms with Gasteiger partial charge in [-0.1, -0.05) is 6.92 Å². The molecule has 0 heterocycles. The van der Waals surface area contributed by atoms with Crippen molar-refractivity contribution in [3.05, 3.63) is 29.6 Å². The third-order valence-corrected chi connectivity index (χ3v) is 4.69. The summed E-state index contributed by atoms with van der Waals surface area (Å²) in [5, 5.41) is 3.15. The second-order valence-corrected chi connectivity index (χ2v) is 8.00. The Balaban J connectivity index is 3.01. The van der Waals surface area contributed by atoms with Crippen LogP contribution in [0.25, 0.3) is 0 Å². The first-order chi connectivity index (χ1) is 9.55. The van der Waals surface area contributed by atoms with Gasteiger partial charge >= 0.3 is 0 Å². The molecule has 4 nitrogen and oxygen atoms in total. The van der Waals surface area contributed by atoms with E-state index in [9.17, 15) is 12.8 Å². The summed E-state index contributed by atoms with van der Waals surface area (Å²) in [7, 11) is -3.61. The lowest BCUT2D eigenvalue weighted by molar-refractivity contribution is 0.418. The summed E-state index contributed by atoms with van der Waals surface area (Å²) in [6, 6.07) is 3.72. The van der Waals surface area contributed by atoms with E-state index in [1.165, 1.54) is 18.2 Å². The highest BCUT2D eigenvalue weighted by Crippen LogP contribution is 2.16. The first kappa shape index (κ1) is 18.1. The zero-order chi connectivity index (χ0) is 16.3. The summed E-state index contributed by atoms with van der Waals surface area (Å²) in [4.78, 5) is 0.0925. The van der Waals surface area contributed by atoms with Gasteiger partial charge in [-0.3, -0.25) is 0 Å². The van der Waals surface area contributed by atoms with Crippen LogP contribution in [-0.4, -0.2) is 20.0 Å². The van der Waals surface area contributed by atoms with Gasteiger partial charge in [-0.15, -0.1) is 0 Å². The minimum absolute atomic E-state index is 0.0925. The van der Waals surface area contributed by atoms with Crippen molar-refractivity contribution in [1.82, 2.24) is 10.0 Å². The van der Waals surface area contributed by atoms with Crippen molar-refractivity contribution in [1.29, 1.82) is 0 Å². The Morgan fingerprint density at radius 3 is 2.43 bits per heavy atom. The Morgan fingerprint density at radius 1 is 1.29 bits per heavy atom. The number of halogens is 1. The molecule has 0 aliphatic rings. The van der Waals surface area contributed by atoms with Gasteiger partial charge in [-0.05, 0) is 52.3 Å². The average Bonchev–Trinajstić information content (AvgIpc) is 2.35. The molecule has 0 aromatic heterocycles. The van der Waals surface area contributed by atoms with Crippen LogP contribution in [0, 0.1) is 5.82 Å². The van der Waals surface area contributed by atoms with E-state index in [4.69, 9.17) is 0 Å². The first-order valence-corrected chi connectivity index (χ1v) is 8.59. The maximum Gasteiger partial charge on any atom is 0.240 e. The van der Waals surface area contributed by atoms with Crippen LogP contribution < -0.4 is 10.0 Å². The quantitative estimate of drug-likeness (QED) is 0.848. The fraction of sp³-hybridized carbons (Fsp3) is 0.600. The summed E-state index contributed by atoms with van der Waals surface area (Å²) in [6.07, 6.45) is 0.693. The molecule has 1 aromatic rings. The highest BCUT2D eigenvalue weighted by molar-refractivity contribution is 7.89. The molecule has 0 amide bonds. The van der Waals surface area contributed by atoms with E-state index in [0.717, 1.165) is 0 Å². The van der Waals surface area contributed by atoms with Gasteiger partial charge in [0.1, 0.15) is 5.82 Å². The SMILES string of the molecule is CCC(C)NS(=O)(=O)c1ccc(F)c(CNC(C)(C)C)c1. The minimum atomic E-state index is -3.61. The standard InChI is InChI=1S/C15H25FN2O2S/c1-6-11(2)18-21(19,20)13-7-8-14(16)12(9-13)10-17-15(3,4)5/h7-9,11,17-18H,6,10H2,1-5H3. The third kappa shape index (κ3) is 5.73. The van der Waals surface area contributed by atoms with E-state index >= 15 is 0 Å². The molecule has 1 rings (SSSR count). The zero-order valence-corrected chi connectivity index (χ0v) is 14.1. The van der Waals surface area contributed by atoms with Crippen LogP contribution in [0.15, 0.2) is 23.1 Å². The van der Waals surface area contributed by atoms with Gasteiger partial charge in [-0.2, -0.15) is 0 Å². The Kier molecular flexibility index (Phi) is 5.90. The summed E-state index contributed by atoms with van der Waals surface area (Å²) in [5.74, 6) is -0.408. The number of benzene rings is 1. The largest absolute Gasteiger partial charge is 0.308 e. The fourth-order valence-corrected chi connectivity index (χ4v) is 3.01. The van der Waals surface area contributed by atoms with Crippen molar-refractivity contribution in [2.45, 2.75) is 64.1 Å². The van der Waals surface area contributed by atoms with Crippen molar-refractivity contribution >= 4 is 10.0 Å². The molecule has 2 N–H and O–H groups in total. The molecule has 0 saturated carbocycles. The van der Waals surface area contributed by atoms with Crippen LogP contribution in [0.5, 0.6) is 0 Å². The topological polar surface area (TPSA) is 58.2 Å². The first-order valence-electron chi connectivity index (χ1n) is 7.11. The van der Waals surface area contributed by atoms with Crippen molar-refractivity contribution in [3.8, 4) is 0 Å². The van der Waals surface area contributed by atoms with Crippen LogP contribution in [0.3, 0.4) is 0 Å². The van der Waals surface area contributed by atoms with Crippen LogP contribution in [0.4, 0.5) is 4.39 Å². The molecule has 21 heavy (non-hydrogen) atoms. The molecule has 1 atom stereocenters. The molecular formula is C15H25FN2O2S. The van der Waals surface area contributed by atoms with Gasteiger partial charge in [0.2, 0.25) is 10.0 Å². The van der Waals surface area contributed by atoms with Crippen LogP contribution in [-0.2, 0) is 16.6 Å². The fourth-order valence-electron chi connectivity index (χ4n) is 1.63. The highest BCUT2D eigenvalue weighted by Gasteiger charge is 2.19. The smallest absolute Gasteiger partial charge is 0.240 e. The maximum absolute atomic E-state index is 13.8. The van der Waals surface area contributed by atoms with Gasteiger partial charge < -0.3 is 5.32 Å². The number of sulfonamides is 1.